The Morgan fingerprint density at radius 3 is 2.42 bits per heavy atom. The molecule has 2 rings (SSSR count). The van der Waals surface area contributed by atoms with Crippen LogP contribution in [0, 0.1) is 0 Å². The zero-order chi connectivity index (χ0) is 13.8. The molecule has 19 heavy (non-hydrogen) atoms. The second kappa shape index (κ2) is 6.15. The first-order valence-corrected chi connectivity index (χ1v) is 7.19. The summed E-state index contributed by atoms with van der Waals surface area (Å²) in [5.41, 5.74) is 1.29. The van der Waals surface area contributed by atoms with Crippen LogP contribution in [0.1, 0.15) is 38.1 Å². The molecule has 1 heterocycles. The molecule has 0 N–H and O–H groups in total. The lowest BCUT2D eigenvalue weighted by atomic mass is 10.2. The molecule has 1 aromatic carbocycles. The Kier molecular flexibility index (Phi) is 4.53. The molecule has 2 aromatic rings. The van der Waals surface area contributed by atoms with Gasteiger partial charge in [-0.2, -0.15) is 4.98 Å². The molecule has 0 aliphatic rings. The molecule has 0 aliphatic carbocycles. The number of hydrogen-bond acceptors (Lipinski definition) is 3. The van der Waals surface area contributed by atoms with Gasteiger partial charge in [-0.25, -0.2) is 4.98 Å². The van der Waals surface area contributed by atoms with Gasteiger partial charge in [0.2, 0.25) is 5.88 Å². The van der Waals surface area contributed by atoms with Crippen LogP contribution in [0.2, 0.25) is 0 Å². The first-order chi connectivity index (χ1) is 9.08. The van der Waals surface area contributed by atoms with Crippen LogP contribution in [0.15, 0.2) is 34.9 Å². The summed E-state index contributed by atoms with van der Waals surface area (Å²) in [6.45, 7) is 6.25. The fourth-order valence-corrected chi connectivity index (χ4v) is 2.02. The predicted octanol–water partition coefficient (Wildman–Crippen LogP) is 4.72. The van der Waals surface area contributed by atoms with E-state index >= 15 is 0 Å². The number of hydrogen-bond donors (Lipinski definition) is 0. The second-order valence-electron chi connectivity index (χ2n) is 4.64. The van der Waals surface area contributed by atoms with Gasteiger partial charge in [-0.1, -0.05) is 32.9 Å². The first kappa shape index (κ1) is 14.0. The van der Waals surface area contributed by atoms with Gasteiger partial charge in [0, 0.05) is 12.0 Å². The van der Waals surface area contributed by atoms with E-state index in [1.165, 1.54) is 5.56 Å². The zero-order valence-corrected chi connectivity index (χ0v) is 12.9. The van der Waals surface area contributed by atoms with E-state index in [9.17, 15) is 0 Å². The highest BCUT2D eigenvalue weighted by molar-refractivity contribution is 9.10. The van der Waals surface area contributed by atoms with Crippen molar-refractivity contribution < 1.29 is 4.74 Å². The molecule has 0 fully saturated rings. The third-order valence-electron chi connectivity index (χ3n) is 2.76. The second-order valence-corrected chi connectivity index (χ2v) is 5.45. The van der Waals surface area contributed by atoms with E-state index in [1.807, 2.05) is 12.1 Å². The van der Waals surface area contributed by atoms with E-state index in [0.717, 1.165) is 22.6 Å². The molecular weight excluding hydrogens is 304 g/mol. The van der Waals surface area contributed by atoms with Crippen molar-refractivity contribution in [3.8, 4) is 11.6 Å². The molecule has 0 atom stereocenters. The maximum Gasteiger partial charge on any atom is 0.223 e. The van der Waals surface area contributed by atoms with Gasteiger partial charge in [0.05, 0.1) is 0 Å². The fraction of sp³-hybridized carbons (Fsp3) is 0.333. The average Bonchev–Trinajstić information content (AvgIpc) is 2.39. The summed E-state index contributed by atoms with van der Waals surface area (Å²) in [4.78, 5) is 8.74. The van der Waals surface area contributed by atoms with Crippen LogP contribution in [0.3, 0.4) is 0 Å². The van der Waals surface area contributed by atoms with Crippen molar-refractivity contribution in [2.75, 3.05) is 0 Å². The third-order valence-corrected chi connectivity index (χ3v) is 3.17. The Hall–Kier alpha value is -1.42. The molecule has 0 radical (unpaired) electrons. The standard InChI is InChI=1S/C15H17BrN2O/c1-4-11-5-7-12(8-6-11)19-14-9-13(16)17-15(18-14)10(2)3/h5-10H,4H2,1-3H3. The minimum Gasteiger partial charge on any atom is -0.439 e. The molecular formula is C15H17BrN2O. The molecule has 0 spiro atoms. The lowest BCUT2D eigenvalue weighted by Crippen LogP contribution is -1.99. The number of halogens is 1. The van der Waals surface area contributed by atoms with E-state index in [2.05, 4.69) is 58.8 Å². The largest absolute Gasteiger partial charge is 0.439 e. The number of ether oxygens (including phenoxy) is 1. The molecule has 1 aromatic heterocycles. The molecule has 3 nitrogen and oxygen atoms in total. The summed E-state index contributed by atoms with van der Waals surface area (Å²) in [5.74, 6) is 2.39. The van der Waals surface area contributed by atoms with Crippen LogP contribution in [0.5, 0.6) is 11.6 Å². The number of benzene rings is 1. The van der Waals surface area contributed by atoms with Crippen LogP contribution in [-0.4, -0.2) is 9.97 Å². The van der Waals surface area contributed by atoms with Crippen LogP contribution in [0.4, 0.5) is 0 Å². The Labute approximate surface area is 122 Å². The lowest BCUT2D eigenvalue weighted by molar-refractivity contribution is 0.456. The minimum atomic E-state index is 0.266. The van der Waals surface area contributed by atoms with Crippen molar-refractivity contribution in [1.82, 2.24) is 9.97 Å². The minimum absolute atomic E-state index is 0.266. The smallest absolute Gasteiger partial charge is 0.223 e. The van der Waals surface area contributed by atoms with Gasteiger partial charge in [-0.3, -0.25) is 0 Å². The zero-order valence-electron chi connectivity index (χ0n) is 11.4. The third kappa shape index (κ3) is 3.77. The lowest BCUT2D eigenvalue weighted by Gasteiger charge is -2.09. The molecule has 0 saturated carbocycles. The quantitative estimate of drug-likeness (QED) is 0.765. The van der Waals surface area contributed by atoms with Crippen molar-refractivity contribution in [3.63, 3.8) is 0 Å². The number of rotatable bonds is 4. The molecule has 0 aliphatic heterocycles. The summed E-state index contributed by atoms with van der Waals surface area (Å²) in [5, 5.41) is 0. The van der Waals surface area contributed by atoms with Gasteiger partial charge in [-0.05, 0) is 40.0 Å². The first-order valence-electron chi connectivity index (χ1n) is 6.39. The van der Waals surface area contributed by atoms with Crippen molar-refractivity contribution in [1.29, 1.82) is 0 Å². The SMILES string of the molecule is CCc1ccc(Oc2cc(Br)nc(C(C)C)n2)cc1. The Bertz CT molecular complexity index is 553. The predicted molar refractivity (Wildman–Crippen MR) is 79.7 cm³/mol. The maximum atomic E-state index is 5.77. The molecule has 0 saturated heterocycles. The van der Waals surface area contributed by atoms with Gasteiger partial charge in [0.1, 0.15) is 16.2 Å². The van der Waals surface area contributed by atoms with Gasteiger partial charge >= 0.3 is 0 Å². The normalized spacial score (nSPS) is 10.8. The Balaban J connectivity index is 2.22. The molecule has 100 valence electrons. The van der Waals surface area contributed by atoms with E-state index in [4.69, 9.17) is 4.74 Å². The van der Waals surface area contributed by atoms with E-state index in [0.29, 0.717) is 5.88 Å². The van der Waals surface area contributed by atoms with Crippen LogP contribution in [0.25, 0.3) is 0 Å². The van der Waals surface area contributed by atoms with E-state index in [1.54, 1.807) is 6.07 Å². The number of nitrogens with zero attached hydrogens (tertiary/aromatic N) is 2. The van der Waals surface area contributed by atoms with Gasteiger partial charge in [-0.15, -0.1) is 0 Å². The monoisotopic (exact) mass is 320 g/mol. The fourth-order valence-electron chi connectivity index (χ4n) is 1.64. The van der Waals surface area contributed by atoms with Gasteiger partial charge in [0.25, 0.3) is 0 Å². The highest BCUT2D eigenvalue weighted by Crippen LogP contribution is 2.24. The molecule has 0 unspecified atom stereocenters. The molecule has 0 bridgehead atoms. The Morgan fingerprint density at radius 1 is 1.16 bits per heavy atom. The van der Waals surface area contributed by atoms with Crippen LogP contribution >= 0.6 is 15.9 Å². The number of aryl methyl sites for hydroxylation is 1. The summed E-state index contributed by atoms with van der Waals surface area (Å²) < 4.78 is 6.51. The van der Waals surface area contributed by atoms with Crippen LogP contribution < -0.4 is 4.74 Å². The van der Waals surface area contributed by atoms with Crippen molar-refractivity contribution >= 4 is 15.9 Å². The highest BCUT2D eigenvalue weighted by atomic mass is 79.9. The van der Waals surface area contributed by atoms with Gasteiger partial charge < -0.3 is 4.74 Å². The van der Waals surface area contributed by atoms with E-state index in [-0.39, 0.29) is 5.92 Å². The molecule has 0 amide bonds. The maximum absolute atomic E-state index is 5.77. The van der Waals surface area contributed by atoms with Crippen molar-refractivity contribution in [2.45, 2.75) is 33.1 Å². The highest BCUT2D eigenvalue weighted by Gasteiger charge is 2.08. The van der Waals surface area contributed by atoms with Crippen LogP contribution in [-0.2, 0) is 6.42 Å². The van der Waals surface area contributed by atoms with Crippen molar-refractivity contribution in [3.05, 3.63) is 46.3 Å². The topological polar surface area (TPSA) is 35.0 Å². The summed E-state index contributed by atoms with van der Waals surface area (Å²) in [6.07, 6.45) is 1.02. The summed E-state index contributed by atoms with van der Waals surface area (Å²) >= 11 is 3.39. The van der Waals surface area contributed by atoms with E-state index < -0.39 is 0 Å². The summed E-state index contributed by atoms with van der Waals surface area (Å²) in [6, 6.07) is 9.83. The summed E-state index contributed by atoms with van der Waals surface area (Å²) in [7, 11) is 0. The average molecular weight is 321 g/mol. The molecule has 4 heteroatoms. The Morgan fingerprint density at radius 2 is 1.84 bits per heavy atom. The van der Waals surface area contributed by atoms with Gasteiger partial charge in [0.15, 0.2) is 0 Å². The van der Waals surface area contributed by atoms with Crippen molar-refractivity contribution in [2.24, 2.45) is 0 Å². The number of aromatic nitrogens is 2.